The highest BCUT2D eigenvalue weighted by Gasteiger charge is 2.30. The molecule has 2 aliphatic heterocycles. The lowest BCUT2D eigenvalue weighted by Crippen LogP contribution is -2.57. The van der Waals surface area contributed by atoms with Crippen LogP contribution in [-0.2, 0) is 9.59 Å². The number of likely N-dealkylation sites (tertiary alicyclic amines) is 1. The second-order valence-electron chi connectivity index (χ2n) is 8.41. The van der Waals surface area contributed by atoms with Gasteiger partial charge in [0.05, 0.1) is 6.04 Å². The Hall–Kier alpha value is -1.10. The van der Waals surface area contributed by atoms with Crippen molar-refractivity contribution < 1.29 is 9.59 Å². The smallest absolute Gasteiger partial charge is 0.239 e. The second kappa shape index (κ2) is 12.7. The van der Waals surface area contributed by atoms with Gasteiger partial charge in [0.15, 0.2) is 5.96 Å². The number of rotatable bonds is 8. The molecule has 8 nitrogen and oxygen atoms in total. The van der Waals surface area contributed by atoms with Crippen LogP contribution in [0.5, 0.6) is 0 Å². The van der Waals surface area contributed by atoms with Crippen molar-refractivity contribution in [2.45, 2.75) is 64.5 Å². The Labute approximate surface area is 198 Å². The Balaban J connectivity index is 0.00000320. The van der Waals surface area contributed by atoms with E-state index in [0.29, 0.717) is 19.0 Å². The van der Waals surface area contributed by atoms with Crippen LogP contribution < -0.4 is 10.6 Å². The molecule has 172 valence electrons. The molecular formula is C21H39IN6O2. The third-order valence-electron chi connectivity index (χ3n) is 6.04. The summed E-state index contributed by atoms with van der Waals surface area (Å²) in [6.45, 7) is 10.9. The zero-order chi connectivity index (χ0) is 20.6. The van der Waals surface area contributed by atoms with E-state index in [1.807, 2.05) is 11.8 Å². The van der Waals surface area contributed by atoms with Crippen LogP contribution in [0.25, 0.3) is 0 Å². The maximum Gasteiger partial charge on any atom is 0.239 e. The number of carbonyl (C=O) groups excluding carboxylic acids is 2. The lowest BCUT2D eigenvalue weighted by molar-refractivity contribution is -0.135. The third-order valence-corrected chi connectivity index (χ3v) is 6.04. The van der Waals surface area contributed by atoms with Crippen LogP contribution in [0.4, 0.5) is 0 Å². The van der Waals surface area contributed by atoms with Gasteiger partial charge in [-0.3, -0.25) is 19.5 Å². The number of nitrogens with zero attached hydrogens (tertiary/aromatic N) is 4. The molecule has 1 saturated carbocycles. The summed E-state index contributed by atoms with van der Waals surface area (Å²) in [5.74, 6) is 1.35. The fourth-order valence-electron chi connectivity index (χ4n) is 4.06. The zero-order valence-electron chi connectivity index (χ0n) is 18.6. The van der Waals surface area contributed by atoms with E-state index in [4.69, 9.17) is 4.99 Å². The van der Waals surface area contributed by atoms with Gasteiger partial charge in [0, 0.05) is 64.8 Å². The molecular weight excluding hydrogens is 495 g/mol. The van der Waals surface area contributed by atoms with Gasteiger partial charge in [-0.15, -0.1) is 24.0 Å². The maximum absolute atomic E-state index is 12.7. The zero-order valence-corrected chi connectivity index (χ0v) is 20.9. The average Bonchev–Trinajstić information content (AvgIpc) is 3.37. The standard InChI is InChI=1S/C21H38N6O2.HI/c1-3-22-21(23-10-6-7-19(28)24-18-8-9-18)27-15-13-25(14-16-27)17(2)20(29)26-11-4-5-12-26;/h17-18H,3-16H2,1-2H3,(H,22,23)(H,24,28);1H. The molecule has 2 saturated heterocycles. The van der Waals surface area contributed by atoms with Crippen molar-refractivity contribution in [1.29, 1.82) is 0 Å². The van der Waals surface area contributed by atoms with Gasteiger partial charge in [-0.05, 0) is 46.0 Å². The number of carbonyl (C=O) groups is 2. The first kappa shape index (κ1) is 25.2. The van der Waals surface area contributed by atoms with Crippen molar-refractivity contribution in [3.05, 3.63) is 0 Å². The van der Waals surface area contributed by atoms with Crippen LogP contribution in [0.1, 0.15) is 52.4 Å². The minimum absolute atomic E-state index is 0. The number of amides is 2. The maximum atomic E-state index is 12.7. The lowest BCUT2D eigenvalue weighted by atomic mass is 10.2. The second-order valence-corrected chi connectivity index (χ2v) is 8.41. The molecule has 3 aliphatic rings. The molecule has 3 fully saturated rings. The molecule has 2 heterocycles. The number of aliphatic imine (C=N–C) groups is 1. The fraction of sp³-hybridized carbons (Fsp3) is 0.857. The molecule has 2 amide bonds. The summed E-state index contributed by atoms with van der Waals surface area (Å²) in [5.41, 5.74) is 0. The van der Waals surface area contributed by atoms with Crippen LogP contribution >= 0.6 is 24.0 Å². The van der Waals surface area contributed by atoms with Crippen molar-refractivity contribution in [3.8, 4) is 0 Å². The van der Waals surface area contributed by atoms with Crippen LogP contribution in [0.2, 0.25) is 0 Å². The van der Waals surface area contributed by atoms with Gasteiger partial charge >= 0.3 is 0 Å². The predicted octanol–water partition coefficient (Wildman–Crippen LogP) is 1.26. The van der Waals surface area contributed by atoms with Gasteiger partial charge in [0.2, 0.25) is 11.8 Å². The molecule has 2 N–H and O–H groups in total. The predicted molar refractivity (Wildman–Crippen MR) is 130 cm³/mol. The highest BCUT2D eigenvalue weighted by atomic mass is 127. The molecule has 1 unspecified atom stereocenters. The van der Waals surface area contributed by atoms with E-state index in [0.717, 1.165) is 83.9 Å². The van der Waals surface area contributed by atoms with Crippen molar-refractivity contribution >= 4 is 41.8 Å². The number of halogens is 1. The number of nitrogens with one attached hydrogen (secondary N) is 2. The highest BCUT2D eigenvalue weighted by Crippen LogP contribution is 2.18. The molecule has 3 rings (SSSR count). The summed E-state index contributed by atoms with van der Waals surface area (Å²) in [5, 5.41) is 6.40. The summed E-state index contributed by atoms with van der Waals surface area (Å²) in [6, 6.07) is 0.388. The van der Waals surface area contributed by atoms with Crippen molar-refractivity contribution in [2.75, 3.05) is 52.4 Å². The Morgan fingerprint density at radius 1 is 1.03 bits per heavy atom. The van der Waals surface area contributed by atoms with Gasteiger partial charge in [-0.2, -0.15) is 0 Å². The van der Waals surface area contributed by atoms with Crippen molar-refractivity contribution in [1.82, 2.24) is 25.3 Å². The monoisotopic (exact) mass is 534 g/mol. The van der Waals surface area contributed by atoms with Crippen molar-refractivity contribution in [2.24, 2.45) is 4.99 Å². The van der Waals surface area contributed by atoms with Crippen LogP contribution in [0, 0.1) is 0 Å². The van der Waals surface area contributed by atoms with E-state index in [9.17, 15) is 9.59 Å². The summed E-state index contributed by atoms with van der Waals surface area (Å²) in [6.07, 6.45) is 5.84. The van der Waals surface area contributed by atoms with E-state index in [-0.39, 0.29) is 41.8 Å². The number of guanidine groups is 1. The van der Waals surface area contributed by atoms with Crippen molar-refractivity contribution in [3.63, 3.8) is 0 Å². The first-order valence-electron chi connectivity index (χ1n) is 11.4. The van der Waals surface area contributed by atoms with Gasteiger partial charge in [0.1, 0.15) is 0 Å². The molecule has 0 aromatic carbocycles. The minimum atomic E-state index is -0.0419. The number of piperazine rings is 1. The molecule has 0 radical (unpaired) electrons. The Bertz CT molecular complexity index is 584. The largest absolute Gasteiger partial charge is 0.357 e. The summed E-state index contributed by atoms with van der Waals surface area (Å²) >= 11 is 0. The third kappa shape index (κ3) is 7.55. The highest BCUT2D eigenvalue weighted by molar-refractivity contribution is 14.0. The lowest BCUT2D eigenvalue weighted by Gasteiger charge is -2.39. The molecule has 0 aromatic heterocycles. The molecule has 1 atom stereocenters. The first-order valence-corrected chi connectivity index (χ1v) is 11.4. The molecule has 0 spiro atoms. The van der Waals surface area contributed by atoms with Gasteiger partial charge < -0.3 is 20.4 Å². The number of hydrogen-bond donors (Lipinski definition) is 2. The SMILES string of the molecule is CCNC(=NCCCC(=O)NC1CC1)N1CCN(C(C)C(=O)N2CCCC2)CC1.I. The molecule has 30 heavy (non-hydrogen) atoms. The summed E-state index contributed by atoms with van der Waals surface area (Å²) < 4.78 is 0. The van der Waals surface area contributed by atoms with E-state index in [2.05, 4.69) is 27.4 Å². The minimum Gasteiger partial charge on any atom is -0.357 e. The average molecular weight is 534 g/mol. The number of hydrogen-bond acceptors (Lipinski definition) is 4. The fourth-order valence-corrected chi connectivity index (χ4v) is 4.06. The molecule has 0 aromatic rings. The Morgan fingerprint density at radius 3 is 2.30 bits per heavy atom. The Morgan fingerprint density at radius 2 is 1.70 bits per heavy atom. The normalized spacial score (nSPS) is 21.2. The van der Waals surface area contributed by atoms with E-state index in [1.165, 1.54) is 0 Å². The molecule has 9 heteroatoms. The van der Waals surface area contributed by atoms with Crippen LogP contribution in [0.15, 0.2) is 4.99 Å². The van der Waals surface area contributed by atoms with Gasteiger partial charge in [-0.25, -0.2) is 0 Å². The van der Waals surface area contributed by atoms with Gasteiger partial charge in [-0.1, -0.05) is 0 Å². The van der Waals surface area contributed by atoms with E-state index in [1.54, 1.807) is 0 Å². The Kier molecular flexibility index (Phi) is 10.6. The first-order chi connectivity index (χ1) is 14.1. The summed E-state index contributed by atoms with van der Waals surface area (Å²) in [4.78, 5) is 35.8. The van der Waals surface area contributed by atoms with E-state index >= 15 is 0 Å². The van der Waals surface area contributed by atoms with Crippen LogP contribution in [-0.4, -0.2) is 96.9 Å². The van der Waals surface area contributed by atoms with Crippen LogP contribution in [0.3, 0.4) is 0 Å². The molecule has 1 aliphatic carbocycles. The topological polar surface area (TPSA) is 80.3 Å². The summed E-state index contributed by atoms with van der Waals surface area (Å²) in [7, 11) is 0. The van der Waals surface area contributed by atoms with E-state index < -0.39 is 0 Å². The molecule has 0 bridgehead atoms. The van der Waals surface area contributed by atoms with Gasteiger partial charge in [0.25, 0.3) is 0 Å². The quantitative estimate of drug-likeness (QED) is 0.212.